The normalized spacial score (nSPS) is 22.2. The summed E-state index contributed by atoms with van der Waals surface area (Å²) in [6, 6.07) is 4.22. The van der Waals surface area contributed by atoms with Crippen LogP contribution in [0.5, 0.6) is 0 Å². The minimum atomic E-state index is 0.0874. The molecule has 0 spiro atoms. The van der Waals surface area contributed by atoms with Crippen LogP contribution in [0.4, 0.5) is 5.95 Å². The van der Waals surface area contributed by atoms with E-state index in [4.69, 9.17) is 14.7 Å². The first-order valence-electron chi connectivity index (χ1n) is 11.9. The van der Waals surface area contributed by atoms with E-state index in [2.05, 4.69) is 29.0 Å². The molecule has 3 heterocycles. The average molecular weight is 438 g/mol. The van der Waals surface area contributed by atoms with E-state index in [9.17, 15) is 4.79 Å². The Labute approximate surface area is 191 Å². The molecule has 1 N–H and O–H groups in total. The average Bonchev–Trinajstić information content (AvgIpc) is 2.84. The topological polar surface area (TPSA) is 80.2 Å². The summed E-state index contributed by atoms with van der Waals surface area (Å²) in [7, 11) is 1.75. The monoisotopic (exact) mass is 437 g/mol. The number of nitrogens with zero attached hydrogens (tertiary/aromatic N) is 4. The molecule has 0 aromatic carbocycles. The first-order chi connectivity index (χ1) is 15.5. The maximum absolute atomic E-state index is 12.8. The number of aromatic nitrogens is 3. The van der Waals surface area contributed by atoms with Gasteiger partial charge in [-0.3, -0.25) is 9.78 Å². The van der Waals surface area contributed by atoms with Crippen molar-refractivity contribution in [2.24, 2.45) is 5.92 Å². The Morgan fingerprint density at radius 3 is 2.59 bits per heavy atom. The summed E-state index contributed by atoms with van der Waals surface area (Å²) in [5.74, 6) is 1.37. The van der Waals surface area contributed by atoms with Crippen molar-refractivity contribution < 1.29 is 9.53 Å². The SMILES string of the molecule is CO[C@@H]1CCC[C@H](C(=O)NC2CCN(c3ncc(-c4ccncc4)c(C(C)C)n3)CC2)C1. The van der Waals surface area contributed by atoms with Crippen molar-refractivity contribution in [2.75, 3.05) is 25.1 Å². The van der Waals surface area contributed by atoms with Gasteiger partial charge in [0, 0.05) is 56.3 Å². The van der Waals surface area contributed by atoms with Crippen molar-refractivity contribution in [1.29, 1.82) is 0 Å². The third-order valence-corrected chi connectivity index (χ3v) is 6.80. The molecular weight excluding hydrogens is 402 g/mol. The molecule has 0 unspecified atom stereocenters. The van der Waals surface area contributed by atoms with Gasteiger partial charge < -0.3 is 15.0 Å². The third kappa shape index (κ3) is 5.26. The summed E-state index contributed by atoms with van der Waals surface area (Å²) in [5, 5.41) is 3.30. The number of carbonyl (C=O) groups is 1. The highest BCUT2D eigenvalue weighted by Gasteiger charge is 2.30. The summed E-state index contributed by atoms with van der Waals surface area (Å²) in [5.41, 5.74) is 3.21. The van der Waals surface area contributed by atoms with E-state index in [0.29, 0.717) is 5.92 Å². The zero-order chi connectivity index (χ0) is 22.5. The lowest BCUT2D eigenvalue weighted by Gasteiger charge is -2.34. The van der Waals surface area contributed by atoms with Crippen molar-refractivity contribution in [3.63, 3.8) is 0 Å². The van der Waals surface area contributed by atoms with Gasteiger partial charge in [-0.15, -0.1) is 0 Å². The van der Waals surface area contributed by atoms with Crippen LogP contribution in [0.25, 0.3) is 11.1 Å². The number of nitrogens with one attached hydrogen (secondary N) is 1. The third-order valence-electron chi connectivity index (χ3n) is 6.80. The number of ether oxygens (including phenoxy) is 1. The molecule has 7 nitrogen and oxygen atoms in total. The standard InChI is InChI=1S/C25H35N5O2/c1-17(2)23-22(18-7-11-26-12-8-18)16-27-25(29-23)30-13-9-20(10-14-30)28-24(31)19-5-4-6-21(15-19)32-3/h7-8,11-12,16-17,19-21H,4-6,9-10,13-15H2,1-3H3,(H,28,31)/t19-,21+/m0/s1. The lowest BCUT2D eigenvalue weighted by atomic mass is 9.86. The summed E-state index contributed by atoms with van der Waals surface area (Å²) >= 11 is 0. The Morgan fingerprint density at radius 2 is 1.91 bits per heavy atom. The van der Waals surface area contributed by atoms with Gasteiger partial charge in [0.2, 0.25) is 11.9 Å². The van der Waals surface area contributed by atoms with Crippen LogP contribution in [0.2, 0.25) is 0 Å². The highest BCUT2D eigenvalue weighted by Crippen LogP contribution is 2.30. The quantitative estimate of drug-likeness (QED) is 0.737. The summed E-state index contributed by atoms with van der Waals surface area (Å²) in [6.45, 7) is 6.03. The Morgan fingerprint density at radius 1 is 1.16 bits per heavy atom. The van der Waals surface area contributed by atoms with Gasteiger partial charge in [0.25, 0.3) is 0 Å². The second-order valence-corrected chi connectivity index (χ2v) is 9.35. The van der Waals surface area contributed by atoms with Crippen LogP contribution in [0.1, 0.15) is 64.0 Å². The number of anilines is 1. The Bertz CT molecular complexity index is 896. The molecule has 0 radical (unpaired) electrons. The van der Waals surface area contributed by atoms with Gasteiger partial charge in [-0.05, 0) is 55.7 Å². The van der Waals surface area contributed by atoms with E-state index < -0.39 is 0 Å². The first-order valence-corrected chi connectivity index (χ1v) is 11.9. The first kappa shape index (κ1) is 22.6. The number of methoxy groups -OCH3 is 1. The minimum Gasteiger partial charge on any atom is -0.381 e. The number of carbonyl (C=O) groups excluding carboxylic acids is 1. The molecule has 172 valence electrons. The molecule has 2 aliphatic rings. The van der Waals surface area contributed by atoms with Gasteiger partial charge >= 0.3 is 0 Å². The van der Waals surface area contributed by atoms with Gasteiger partial charge in [-0.2, -0.15) is 0 Å². The maximum atomic E-state index is 12.8. The molecule has 1 amide bonds. The fourth-order valence-corrected chi connectivity index (χ4v) is 4.87. The predicted molar refractivity (Wildman–Crippen MR) is 125 cm³/mol. The summed E-state index contributed by atoms with van der Waals surface area (Å²) in [4.78, 5) is 28.8. The second kappa shape index (κ2) is 10.4. The van der Waals surface area contributed by atoms with Crippen LogP contribution in [0.3, 0.4) is 0 Å². The van der Waals surface area contributed by atoms with E-state index >= 15 is 0 Å². The number of amides is 1. The summed E-state index contributed by atoms with van der Waals surface area (Å²) < 4.78 is 5.48. The molecule has 4 rings (SSSR count). The van der Waals surface area contributed by atoms with E-state index in [1.54, 1.807) is 19.5 Å². The predicted octanol–water partition coefficient (Wildman–Crippen LogP) is 3.95. The van der Waals surface area contributed by atoms with Crippen LogP contribution < -0.4 is 10.2 Å². The molecule has 2 fully saturated rings. The van der Waals surface area contributed by atoms with E-state index in [1.807, 2.05) is 18.3 Å². The van der Waals surface area contributed by atoms with Gasteiger partial charge in [0.05, 0.1) is 11.8 Å². The maximum Gasteiger partial charge on any atom is 0.225 e. The van der Waals surface area contributed by atoms with E-state index in [-0.39, 0.29) is 24.0 Å². The highest BCUT2D eigenvalue weighted by molar-refractivity contribution is 5.79. The smallest absolute Gasteiger partial charge is 0.225 e. The number of hydrogen-bond donors (Lipinski definition) is 1. The van der Waals surface area contributed by atoms with Crippen LogP contribution in [0, 0.1) is 5.92 Å². The Hall–Kier alpha value is -2.54. The highest BCUT2D eigenvalue weighted by atomic mass is 16.5. The Kier molecular flexibility index (Phi) is 7.35. The van der Waals surface area contributed by atoms with E-state index in [0.717, 1.165) is 74.4 Å². The number of rotatable bonds is 6. The van der Waals surface area contributed by atoms with Gasteiger partial charge in [-0.25, -0.2) is 9.97 Å². The molecule has 1 saturated carbocycles. The molecule has 32 heavy (non-hydrogen) atoms. The molecule has 2 aromatic heterocycles. The van der Waals surface area contributed by atoms with E-state index in [1.165, 1.54) is 0 Å². The molecule has 2 aromatic rings. The lowest BCUT2D eigenvalue weighted by molar-refractivity contribution is -0.128. The molecule has 2 atom stereocenters. The number of pyridine rings is 1. The fraction of sp³-hybridized carbons (Fsp3) is 0.600. The Balaban J connectivity index is 1.37. The van der Waals surface area contributed by atoms with Crippen molar-refractivity contribution in [2.45, 2.75) is 70.4 Å². The van der Waals surface area contributed by atoms with Crippen molar-refractivity contribution in [3.8, 4) is 11.1 Å². The lowest BCUT2D eigenvalue weighted by Crippen LogP contribution is -2.47. The number of hydrogen-bond acceptors (Lipinski definition) is 6. The zero-order valence-electron chi connectivity index (χ0n) is 19.5. The van der Waals surface area contributed by atoms with Crippen LogP contribution >= 0.6 is 0 Å². The van der Waals surface area contributed by atoms with Crippen LogP contribution in [0.15, 0.2) is 30.7 Å². The van der Waals surface area contributed by atoms with Crippen molar-refractivity contribution in [3.05, 3.63) is 36.4 Å². The minimum absolute atomic E-state index is 0.0874. The van der Waals surface area contributed by atoms with Gasteiger partial charge in [-0.1, -0.05) is 20.3 Å². The summed E-state index contributed by atoms with van der Waals surface area (Å²) in [6.07, 6.45) is 11.6. The van der Waals surface area contributed by atoms with Crippen LogP contribution in [-0.4, -0.2) is 53.2 Å². The van der Waals surface area contributed by atoms with Gasteiger partial charge in [0.1, 0.15) is 0 Å². The zero-order valence-corrected chi connectivity index (χ0v) is 19.5. The molecular formula is C25H35N5O2. The van der Waals surface area contributed by atoms with Gasteiger partial charge in [0.15, 0.2) is 0 Å². The largest absolute Gasteiger partial charge is 0.381 e. The second-order valence-electron chi connectivity index (χ2n) is 9.35. The molecule has 1 aliphatic heterocycles. The fourth-order valence-electron chi connectivity index (χ4n) is 4.87. The molecule has 1 saturated heterocycles. The van der Waals surface area contributed by atoms with Crippen molar-refractivity contribution in [1.82, 2.24) is 20.3 Å². The van der Waals surface area contributed by atoms with Crippen molar-refractivity contribution >= 4 is 11.9 Å². The van der Waals surface area contributed by atoms with Crippen LogP contribution in [-0.2, 0) is 9.53 Å². The molecule has 1 aliphatic carbocycles. The number of piperidine rings is 1. The molecule has 7 heteroatoms. The molecule has 0 bridgehead atoms.